The van der Waals surface area contributed by atoms with Gasteiger partial charge in [0, 0.05) is 7.11 Å². The molecule has 0 saturated carbocycles. The number of carbonyl (C=O) groups excluding carboxylic acids is 1. The highest BCUT2D eigenvalue weighted by atomic mass is 16.5. The van der Waals surface area contributed by atoms with Gasteiger partial charge in [-0.1, -0.05) is 24.3 Å². The van der Waals surface area contributed by atoms with Gasteiger partial charge in [0.05, 0.1) is 6.61 Å². The number of primary amides is 1. The van der Waals surface area contributed by atoms with E-state index in [2.05, 4.69) is 0 Å². The first-order chi connectivity index (χ1) is 6.69. The van der Waals surface area contributed by atoms with E-state index in [4.69, 9.17) is 15.6 Å². The third kappa shape index (κ3) is 2.31. The summed E-state index contributed by atoms with van der Waals surface area (Å²) in [6.07, 6.45) is -0.720. The lowest BCUT2D eigenvalue weighted by molar-refractivity contribution is -0.128. The number of rotatable bonds is 4. The van der Waals surface area contributed by atoms with Crippen LogP contribution in [0.1, 0.15) is 17.2 Å². The Morgan fingerprint density at radius 1 is 1.50 bits per heavy atom. The molecule has 3 N–H and O–H groups in total. The van der Waals surface area contributed by atoms with Crippen molar-refractivity contribution in [1.29, 1.82) is 0 Å². The largest absolute Gasteiger partial charge is 0.392 e. The van der Waals surface area contributed by atoms with Crippen molar-refractivity contribution in [3.8, 4) is 0 Å². The van der Waals surface area contributed by atoms with E-state index in [0.29, 0.717) is 5.56 Å². The fraction of sp³-hybridized carbons (Fsp3) is 0.300. The lowest BCUT2D eigenvalue weighted by Gasteiger charge is -2.11. The molecular weight excluding hydrogens is 182 g/mol. The number of nitrogens with two attached hydrogens (primary N) is 1. The minimum absolute atomic E-state index is 0.0193. The maximum absolute atomic E-state index is 10.9. The van der Waals surface area contributed by atoms with Gasteiger partial charge in [0.15, 0.2) is 6.10 Å². The Morgan fingerprint density at radius 3 is 2.43 bits per heavy atom. The predicted octanol–water partition coefficient (Wildman–Crippen LogP) is 0.352. The van der Waals surface area contributed by atoms with Crippen LogP contribution in [0.3, 0.4) is 0 Å². The van der Waals surface area contributed by atoms with Crippen molar-refractivity contribution in [2.75, 3.05) is 7.11 Å². The first kappa shape index (κ1) is 10.7. The zero-order valence-corrected chi connectivity index (χ0v) is 7.93. The maximum atomic E-state index is 10.9. The Balaban J connectivity index is 2.89. The average molecular weight is 195 g/mol. The van der Waals surface area contributed by atoms with Crippen LogP contribution in [0.15, 0.2) is 24.3 Å². The van der Waals surface area contributed by atoms with Crippen LogP contribution in [0, 0.1) is 0 Å². The third-order valence-electron chi connectivity index (χ3n) is 1.96. The molecule has 1 atom stereocenters. The van der Waals surface area contributed by atoms with Crippen molar-refractivity contribution in [2.45, 2.75) is 12.7 Å². The monoisotopic (exact) mass is 195 g/mol. The van der Waals surface area contributed by atoms with Crippen molar-refractivity contribution >= 4 is 5.91 Å². The Bertz CT molecular complexity index is 308. The molecule has 1 rings (SSSR count). The van der Waals surface area contributed by atoms with Crippen molar-refractivity contribution in [1.82, 2.24) is 0 Å². The zero-order valence-electron chi connectivity index (χ0n) is 7.93. The molecule has 4 heteroatoms. The standard InChI is InChI=1S/C10H13NO3/c1-14-9(10(11)13)8-4-2-7(6-12)3-5-8/h2-5,9,12H,6H2,1H3,(H2,11,13). The van der Waals surface area contributed by atoms with Gasteiger partial charge in [0.2, 0.25) is 0 Å². The van der Waals surface area contributed by atoms with Gasteiger partial charge < -0.3 is 15.6 Å². The molecule has 0 aliphatic heterocycles. The topological polar surface area (TPSA) is 72.5 Å². The number of ether oxygens (including phenoxy) is 1. The molecule has 1 amide bonds. The number of hydrogen-bond donors (Lipinski definition) is 2. The second kappa shape index (κ2) is 4.74. The molecule has 0 spiro atoms. The molecule has 0 aliphatic carbocycles. The van der Waals surface area contributed by atoms with E-state index in [1.165, 1.54) is 7.11 Å². The van der Waals surface area contributed by atoms with Crippen molar-refractivity contribution in [3.63, 3.8) is 0 Å². The van der Waals surface area contributed by atoms with Gasteiger partial charge in [-0.05, 0) is 11.1 Å². The smallest absolute Gasteiger partial charge is 0.251 e. The van der Waals surface area contributed by atoms with E-state index >= 15 is 0 Å². The van der Waals surface area contributed by atoms with Crippen molar-refractivity contribution in [2.24, 2.45) is 5.73 Å². The molecule has 0 heterocycles. The average Bonchev–Trinajstić information content (AvgIpc) is 2.19. The van der Waals surface area contributed by atoms with Gasteiger partial charge in [-0.2, -0.15) is 0 Å². The van der Waals surface area contributed by atoms with Gasteiger partial charge in [-0.25, -0.2) is 0 Å². The molecule has 0 saturated heterocycles. The summed E-state index contributed by atoms with van der Waals surface area (Å²) < 4.78 is 4.93. The van der Waals surface area contributed by atoms with E-state index in [9.17, 15) is 4.79 Å². The highest BCUT2D eigenvalue weighted by Gasteiger charge is 2.15. The van der Waals surface area contributed by atoms with Crippen LogP contribution in [-0.2, 0) is 16.1 Å². The molecule has 4 nitrogen and oxygen atoms in total. The summed E-state index contributed by atoms with van der Waals surface area (Å²) in [4.78, 5) is 10.9. The number of methoxy groups -OCH3 is 1. The van der Waals surface area contributed by atoms with Crippen LogP contribution in [0.4, 0.5) is 0 Å². The van der Waals surface area contributed by atoms with Gasteiger partial charge in [0.1, 0.15) is 0 Å². The highest BCUT2D eigenvalue weighted by molar-refractivity contribution is 5.80. The van der Waals surface area contributed by atoms with E-state index in [1.807, 2.05) is 0 Å². The number of carbonyl (C=O) groups is 1. The summed E-state index contributed by atoms with van der Waals surface area (Å²) >= 11 is 0. The SMILES string of the molecule is COC(C(N)=O)c1ccc(CO)cc1. The molecule has 76 valence electrons. The van der Waals surface area contributed by atoms with Crippen LogP contribution in [-0.4, -0.2) is 18.1 Å². The zero-order chi connectivity index (χ0) is 10.6. The number of benzene rings is 1. The molecule has 0 radical (unpaired) electrons. The Hall–Kier alpha value is -1.39. The molecule has 0 fully saturated rings. The second-order valence-electron chi connectivity index (χ2n) is 2.92. The molecule has 0 bridgehead atoms. The quantitative estimate of drug-likeness (QED) is 0.728. The molecule has 0 aromatic heterocycles. The van der Waals surface area contributed by atoms with E-state index in [-0.39, 0.29) is 6.61 Å². The van der Waals surface area contributed by atoms with Crippen LogP contribution in [0.2, 0.25) is 0 Å². The lowest BCUT2D eigenvalue weighted by Crippen LogP contribution is -2.22. The Kier molecular flexibility index (Phi) is 3.62. The van der Waals surface area contributed by atoms with E-state index < -0.39 is 12.0 Å². The molecule has 1 aromatic carbocycles. The maximum Gasteiger partial charge on any atom is 0.251 e. The number of amides is 1. The lowest BCUT2D eigenvalue weighted by atomic mass is 10.1. The summed E-state index contributed by atoms with van der Waals surface area (Å²) in [7, 11) is 1.43. The number of aliphatic hydroxyl groups is 1. The van der Waals surface area contributed by atoms with Gasteiger partial charge in [0.25, 0.3) is 5.91 Å². The second-order valence-corrected chi connectivity index (χ2v) is 2.92. The van der Waals surface area contributed by atoms with Gasteiger partial charge in [-0.15, -0.1) is 0 Å². The van der Waals surface area contributed by atoms with Crippen LogP contribution in [0.25, 0.3) is 0 Å². The summed E-state index contributed by atoms with van der Waals surface area (Å²) in [6, 6.07) is 6.88. The fourth-order valence-electron chi connectivity index (χ4n) is 1.21. The Morgan fingerprint density at radius 2 is 2.07 bits per heavy atom. The first-order valence-corrected chi connectivity index (χ1v) is 4.21. The minimum atomic E-state index is -0.720. The van der Waals surface area contributed by atoms with Crippen LogP contribution >= 0.6 is 0 Å². The summed E-state index contributed by atoms with van der Waals surface area (Å²) in [5.41, 5.74) is 6.61. The Labute approximate surface area is 82.3 Å². The molecule has 1 unspecified atom stereocenters. The number of hydrogen-bond acceptors (Lipinski definition) is 3. The molecular formula is C10H13NO3. The minimum Gasteiger partial charge on any atom is -0.392 e. The van der Waals surface area contributed by atoms with Crippen molar-refractivity contribution in [3.05, 3.63) is 35.4 Å². The summed E-state index contributed by atoms with van der Waals surface area (Å²) in [5, 5.41) is 8.81. The molecule has 1 aromatic rings. The van der Waals surface area contributed by atoms with Gasteiger partial charge >= 0.3 is 0 Å². The first-order valence-electron chi connectivity index (χ1n) is 4.21. The predicted molar refractivity (Wildman–Crippen MR) is 51.3 cm³/mol. The number of aliphatic hydroxyl groups excluding tert-OH is 1. The van der Waals surface area contributed by atoms with Crippen LogP contribution in [0.5, 0.6) is 0 Å². The van der Waals surface area contributed by atoms with E-state index in [0.717, 1.165) is 5.56 Å². The normalized spacial score (nSPS) is 12.4. The third-order valence-corrected chi connectivity index (χ3v) is 1.96. The van der Waals surface area contributed by atoms with Crippen LogP contribution < -0.4 is 5.73 Å². The molecule has 0 aliphatic rings. The van der Waals surface area contributed by atoms with Gasteiger partial charge in [-0.3, -0.25) is 4.79 Å². The highest BCUT2D eigenvalue weighted by Crippen LogP contribution is 2.16. The van der Waals surface area contributed by atoms with Crippen molar-refractivity contribution < 1.29 is 14.6 Å². The fourth-order valence-corrected chi connectivity index (χ4v) is 1.21. The summed E-state index contributed by atoms with van der Waals surface area (Å²) in [6.45, 7) is -0.0193. The van der Waals surface area contributed by atoms with E-state index in [1.54, 1.807) is 24.3 Å². The summed E-state index contributed by atoms with van der Waals surface area (Å²) in [5.74, 6) is -0.524. The molecule has 14 heavy (non-hydrogen) atoms.